The van der Waals surface area contributed by atoms with Gasteiger partial charge in [0.25, 0.3) is 0 Å². The molecule has 1 aromatic rings. The van der Waals surface area contributed by atoms with Crippen LogP contribution in [0.25, 0.3) is 0 Å². The molecule has 0 bridgehead atoms. The second-order valence-electron chi connectivity index (χ2n) is 4.32. The number of hydrogen-bond acceptors (Lipinski definition) is 2. The fourth-order valence-corrected chi connectivity index (χ4v) is 2.04. The molecule has 1 aliphatic carbocycles. The number of benzene rings is 1. The number of allylic oxidation sites excluding steroid dienone is 4. The van der Waals surface area contributed by atoms with Crippen LogP contribution in [0.3, 0.4) is 0 Å². The van der Waals surface area contributed by atoms with Gasteiger partial charge in [0.1, 0.15) is 0 Å². The molecule has 2 nitrogen and oxygen atoms in total. The minimum absolute atomic E-state index is 0.432. The summed E-state index contributed by atoms with van der Waals surface area (Å²) in [6.07, 6.45) is 6.04. The van der Waals surface area contributed by atoms with Crippen molar-refractivity contribution in [1.29, 1.82) is 0 Å². The smallest absolute Gasteiger partial charge is 0.427 e. The summed E-state index contributed by atoms with van der Waals surface area (Å²) in [4.78, 5) is 0. The summed E-state index contributed by atoms with van der Waals surface area (Å²) < 4.78 is 14.9. The number of alkyl halides is 1. The molecule has 2 atom stereocenters. The third-order valence-corrected chi connectivity index (χ3v) is 3.07. The first-order valence-corrected chi connectivity index (χ1v) is 5.52. The highest BCUT2D eigenvalue weighted by atomic mass is 19.1. The molecule has 0 spiro atoms. The Kier molecular flexibility index (Phi) is 3.18. The van der Waals surface area contributed by atoms with Crippen molar-refractivity contribution in [3.8, 4) is 0 Å². The molecule has 2 unspecified atom stereocenters. The van der Waals surface area contributed by atoms with Crippen LogP contribution in [0.15, 0.2) is 48.6 Å². The van der Waals surface area contributed by atoms with Gasteiger partial charge in [0.05, 0.1) is 5.82 Å². The topological polar surface area (TPSA) is 40.5 Å². The maximum absolute atomic E-state index is 14.9. The van der Waals surface area contributed by atoms with E-state index in [0.29, 0.717) is 5.56 Å². The number of rotatable bonds is 2. The average Bonchev–Trinajstić information content (AvgIpc) is 2.29. The van der Waals surface area contributed by atoms with Crippen LogP contribution in [0.1, 0.15) is 11.1 Å². The summed E-state index contributed by atoms with van der Waals surface area (Å²) in [6, 6.07) is 6.97. The van der Waals surface area contributed by atoms with Crippen LogP contribution in [0.2, 0.25) is 5.82 Å². The second kappa shape index (κ2) is 4.47. The maximum atomic E-state index is 14.9. The van der Waals surface area contributed by atoms with Gasteiger partial charge in [0.15, 0.2) is 5.67 Å². The lowest BCUT2D eigenvalue weighted by molar-refractivity contribution is 0.210. The number of hydrogen-bond donors (Lipinski definition) is 2. The normalized spacial score (nSPS) is 27.2. The zero-order valence-electron chi connectivity index (χ0n) is 9.55. The fraction of sp³-hybridized carbons (Fsp3) is 0.231. The van der Waals surface area contributed by atoms with Crippen molar-refractivity contribution in [3.63, 3.8) is 0 Å². The van der Waals surface area contributed by atoms with Gasteiger partial charge in [-0.1, -0.05) is 48.1 Å². The molecule has 4 heteroatoms. The van der Waals surface area contributed by atoms with Gasteiger partial charge < -0.3 is 10.0 Å². The van der Waals surface area contributed by atoms with E-state index in [1.165, 1.54) is 12.2 Å². The van der Waals surface area contributed by atoms with Crippen molar-refractivity contribution in [2.24, 2.45) is 0 Å². The molecule has 0 saturated carbocycles. The van der Waals surface area contributed by atoms with E-state index in [9.17, 15) is 14.4 Å². The lowest BCUT2D eigenvalue weighted by Crippen LogP contribution is -2.35. The van der Waals surface area contributed by atoms with Crippen molar-refractivity contribution < 1.29 is 14.4 Å². The van der Waals surface area contributed by atoms with E-state index in [2.05, 4.69) is 0 Å². The van der Waals surface area contributed by atoms with Crippen LogP contribution in [-0.4, -0.2) is 17.2 Å². The molecule has 1 aromatic carbocycles. The summed E-state index contributed by atoms with van der Waals surface area (Å²) in [7, 11) is -1.72. The van der Waals surface area contributed by atoms with E-state index >= 15 is 0 Å². The van der Waals surface area contributed by atoms with Gasteiger partial charge in [0.2, 0.25) is 0 Å². The van der Waals surface area contributed by atoms with Crippen LogP contribution < -0.4 is 0 Å². The third kappa shape index (κ3) is 2.19. The summed E-state index contributed by atoms with van der Waals surface area (Å²) in [6.45, 7) is 1.92. The second-order valence-corrected chi connectivity index (χ2v) is 4.32. The lowest BCUT2D eigenvalue weighted by Gasteiger charge is -2.31. The standard InChI is InChI=1S/C13H14BFO2/c1-10-5-7-11(8-6-10)13(15)9-3-2-4-12(13)14(16)17/h2-9,12,16-17H,1H3. The van der Waals surface area contributed by atoms with Gasteiger partial charge in [-0.2, -0.15) is 0 Å². The van der Waals surface area contributed by atoms with E-state index in [-0.39, 0.29) is 0 Å². The Morgan fingerprint density at radius 2 is 1.82 bits per heavy atom. The number of halogens is 1. The van der Waals surface area contributed by atoms with E-state index in [4.69, 9.17) is 0 Å². The van der Waals surface area contributed by atoms with Gasteiger partial charge in [-0.3, -0.25) is 0 Å². The fourth-order valence-electron chi connectivity index (χ4n) is 2.04. The molecule has 0 heterocycles. The molecular weight excluding hydrogens is 218 g/mol. The van der Waals surface area contributed by atoms with Gasteiger partial charge in [-0.25, -0.2) is 4.39 Å². The van der Waals surface area contributed by atoms with Gasteiger partial charge in [0, 0.05) is 0 Å². The molecule has 0 radical (unpaired) electrons. The van der Waals surface area contributed by atoms with E-state index in [1.54, 1.807) is 24.3 Å². The lowest BCUT2D eigenvalue weighted by atomic mass is 9.60. The molecule has 0 aromatic heterocycles. The number of aryl methyl sites for hydroxylation is 1. The highest BCUT2D eigenvalue weighted by Gasteiger charge is 2.44. The summed E-state index contributed by atoms with van der Waals surface area (Å²) in [5.74, 6) is -0.977. The Labute approximate surface area is 100 Å². The van der Waals surface area contributed by atoms with Crippen LogP contribution in [0, 0.1) is 6.92 Å². The molecule has 0 fully saturated rings. The van der Waals surface area contributed by atoms with Crippen molar-refractivity contribution in [3.05, 3.63) is 59.7 Å². The summed E-state index contributed by atoms with van der Waals surface area (Å²) in [5, 5.41) is 18.5. The van der Waals surface area contributed by atoms with Crippen LogP contribution in [-0.2, 0) is 5.67 Å². The van der Waals surface area contributed by atoms with E-state index < -0.39 is 18.6 Å². The predicted molar refractivity (Wildman–Crippen MR) is 66.2 cm³/mol. The van der Waals surface area contributed by atoms with E-state index in [0.717, 1.165) is 5.56 Å². The third-order valence-electron chi connectivity index (χ3n) is 3.07. The first-order chi connectivity index (χ1) is 8.04. The van der Waals surface area contributed by atoms with Gasteiger partial charge in [-0.15, -0.1) is 0 Å². The minimum atomic E-state index is -1.86. The Morgan fingerprint density at radius 3 is 2.41 bits per heavy atom. The highest BCUT2D eigenvalue weighted by molar-refractivity contribution is 6.44. The molecular formula is C13H14BFO2. The monoisotopic (exact) mass is 232 g/mol. The molecule has 2 rings (SSSR count). The van der Waals surface area contributed by atoms with Gasteiger partial charge in [-0.05, 0) is 18.6 Å². The highest BCUT2D eigenvalue weighted by Crippen LogP contribution is 2.43. The Bertz CT molecular complexity index is 453. The van der Waals surface area contributed by atoms with Crippen molar-refractivity contribution in [2.75, 3.05) is 0 Å². The quantitative estimate of drug-likeness (QED) is 0.766. The average molecular weight is 232 g/mol. The largest absolute Gasteiger partial charge is 0.462 e. The molecule has 17 heavy (non-hydrogen) atoms. The predicted octanol–water partition coefficient (Wildman–Crippen LogP) is 2.13. The maximum Gasteiger partial charge on any atom is 0.462 e. The Hall–Kier alpha value is -1.39. The zero-order valence-corrected chi connectivity index (χ0v) is 9.55. The zero-order chi connectivity index (χ0) is 12.5. The van der Waals surface area contributed by atoms with Crippen molar-refractivity contribution in [1.82, 2.24) is 0 Å². The van der Waals surface area contributed by atoms with E-state index in [1.807, 2.05) is 19.1 Å². The molecule has 88 valence electrons. The first kappa shape index (κ1) is 12.1. The molecule has 0 saturated heterocycles. The first-order valence-electron chi connectivity index (χ1n) is 5.52. The van der Waals surface area contributed by atoms with Gasteiger partial charge >= 0.3 is 7.12 Å². The van der Waals surface area contributed by atoms with Crippen molar-refractivity contribution >= 4 is 7.12 Å². The SMILES string of the molecule is Cc1ccc(C2(F)C=CC=CC2B(O)O)cc1. The van der Waals surface area contributed by atoms with Crippen LogP contribution >= 0.6 is 0 Å². The summed E-state index contributed by atoms with van der Waals surface area (Å²) >= 11 is 0. The summed E-state index contributed by atoms with van der Waals surface area (Å²) in [5.41, 5.74) is -0.396. The van der Waals surface area contributed by atoms with Crippen LogP contribution in [0.4, 0.5) is 4.39 Å². The molecule has 2 N–H and O–H groups in total. The molecule has 0 amide bonds. The Balaban J connectivity index is 2.42. The minimum Gasteiger partial charge on any atom is -0.427 e. The van der Waals surface area contributed by atoms with Crippen molar-refractivity contribution in [2.45, 2.75) is 18.4 Å². The Morgan fingerprint density at radius 1 is 1.18 bits per heavy atom. The van der Waals surface area contributed by atoms with Crippen LogP contribution in [0.5, 0.6) is 0 Å². The molecule has 1 aliphatic rings. The molecule has 0 aliphatic heterocycles.